The summed E-state index contributed by atoms with van der Waals surface area (Å²) >= 11 is 0. The van der Waals surface area contributed by atoms with Crippen LogP contribution in [0.4, 0.5) is 19.0 Å². The lowest BCUT2D eigenvalue weighted by Gasteiger charge is -2.17. The second-order valence-electron chi connectivity index (χ2n) is 4.72. The van der Waals surface area contributed by atoms with Crippen LogP contribution in [0.25, 0.3) is 11.3 Å². The van der Waals surface area contributed by atoms with Gasteiger partial charge in [0.1, 0.15) is 12.1 Å². The number of alkyl halides is 3. The van der Waals surface area contributed by atoms with Gasteiger partial charge in [0.15, 0.2) is 0 Å². The summed E-state index contributed by atoms with van der Waals surface area (Å²) in [6.45, 7) is 3.68. The highest BCUT2D eigenvalue weighted by Crippen LogP contribution is 2.39. The molecular formula is C14H14F3N3. The van der Waals surface area contributed by atoms with Gasteiger partial charge in [-0.1, -0.05) is 32.0 Å². The van der Waals surface area contributed by atoms with Gasteiger partial charge in [-0.25, -0.2) is 9.97 Å². The molecule has 0 fully saturated rings. The molecule has 2 N–H and O–H groups in total. The molecule has 3 nitrogen and oxygen atoms in total. The molecule has 0 aliphatic rings. The lowest BCUT2D eigenvalue weighted by Crippen LogP contribution is -2.10. The first-order valence-electron chi connectivity index (χ1n) is 6.09. The van der Waals surface area contributed by atoms with E-state index in [1.807, 2.05) is 13.8 Å². The molecule has 6 heteroatoms. The maximum absolute atomic E-state index is 13.1. The normalized spacial score (nSPS) is 11.9. The van der Waals surface area contributed by atoms with Gasteiger partial charge in [-0.15, -0.1) is 0 Å². The predicted octanol–water partition coefficient (Wildman–Crippen LogP) is 3.87. The molecule has 0 aliphatic heterocycles. The SMILES string of the molecule is CC(C)c1c(N)ncnc1-c1ccccc1C(F)(F)F. The van der Waals surface area contributed by atoms with Gasteiger partial charge in [0.05, 0.1) is 11.3 Å². The number of halogens is 3. The maximum atomic E-state index is 13.1. The second kappa shape index (κ2) is 5.11. The number of benzene rings is 1. The van der Waals surface area contributed by atoms with Crippen LogP contribution in [0.2, 0.25) is 0 Å². The molecule has 0 spiro atoms. The van der Waals surface area contributed by atoms with E-state index in [2.05, 4.69) is 9.97 Å². The summed E-state index contributed by atoms with van der Waals surface area (Å²) < 4.78 is 39.3. The van der Waals surface area contributed by atoms with Crippen molar-refractivity contribution >= 4 is 5.82 Å². The number of rotatable bonds is 2. The zero-order chi connectivity index (χ0) is 14.9. The Bertz CT molecular complexity index is 621. The van der Waals surface area contributed by atoms with E-state index >= 15 is 0 Å². The van der Waals surface area contributed by atoms with Gasteiger partial charge in [-0.3, -0.25) is 0 Å². The quantitative estimate of drug-likeness (QED) is 0.909. The van der Waals surface area contributed by atoms with Crippen molar-refractivity contribution in [3.8, 4) is 11.3 Å². The predicted molar refractivity (Wildman–Crippen MR) is 71.0 cm³/mol. The van der Waals surface area contributed by atoms with E-state index in [0.29, 0.717) is 5.56 Å². The number of hydrogen-bond acceptors (Lipinski definition) is 3. The molecule has 0 unspecified atom stereocenters. The molecule has 1 aromatic heterocycles. The highest BCUT2D eigenvalue weighted by molar-refractivity contribution is 5.71. The summed E-state index contributed by atoms with van der Waals surface area (Å²) in [5.74, 6) is 0.134. The van der Waals surface area contributed by atoms with Gasteiger partial charge in [0.2, 0.25) is 0 Å². The minimum atomic E-state index is -4.44. The summed E-state index contributed by atoms with van der Waals surface area (Å²) in [4.78, 5) is 7.88. The van der Waals surface area contributed by atoms with Crippen molar-refractivity contribution < 1.29 is 13.2 Å². The molecule has 2 aromatic rings. The molecule has 0 saturated carbocycles. The van der Waals surface area contributed by atoms with E-state index < -0.39 is 11.7 Å². The first-order chi connectivity index (χ1) is 9.32. The molecule has 0 atom stereocenters. The van der Waals surface area contributed by atoms with E-state index in [9.17, 15) is 13.2 Å². The van der Waals surface area contributed by atoms with Crippen LogP contribution >= 0.6 is 0 Å². The summed E-state index contributed by atoms with van der Waals surface area (Å²) in [7, 11) is 0. The highest BCUT2D eigenvalue weighted by Gasteiger charge is 2.34. The topological polar surface area (TPSA) is 51.8 Å². The monoisotopic (exact) mass is 281 g/mol. The summed E-state index contributed by atoms with van der Waals surface area (Å²) in [6.07, 6.45) is -3.26. The average molecular weight is 281 g/mol. The van der Waals surface area contributed by atoms with Crippen LogP contribution in [-0.4, -0.2) is 9.97 Å². The average Bonchev–Trinajstić information content (AvgIpc) is 2.37. The fourth-order valence-corrected chi connectivity index (χ4v) is 2.13. The number of nitrogens with zero attached hydrogens (tertiary/aromatic N) is 2. The third kappa shape index (κ3) is 2.59. The standard InChI is InChI=1S/C14H14F3N3/c1-8(2)11-12(19-7-20-13(11)18)9-5-3-4-6-10(9)14(15,16)17/h3-8H,1-2H3,(H2,18,19,20). The Hall–Kier alpha value is -2.11. The van der Waals surface area contributed by atoms with Crippen LogP contribution in [0.3, 0.4) is 0 Å². The van der Waals surface area contributed by atoms with Crippen molar-refractivity contribution in [3.05, 3.63) is 41.7 Å². The second-order valence-corrected chi connectivity index (χ2v) is 4.72. The minimum Gasteiger partial charge on any atom is -0.383 e. The van der Waals surface area contributed by atoms with Gasteiger partial charge >= 0.3 is 6.18 Å². The van der Waals surface area contributed by atoms with Crippen LogP contribution in [-0.2, 0) is 6.18 Å². The number of hydrogen-bond donors (Lipinski definition) is 1. The molecular weight excluding hydrogens is 267 g/mol. The van der Waals surface area contributed by atoms with Gasteiger partial charge in [0, 0.05) is 11.1 Å². The molecule has 0 radical (unpaired) electrons. The molecule has 2 rings (SSSR count). The van der Waals surface area contributed by atoms with E-state index in [-0.39, 0.29) is 23.0 Å². The van der Waals surface area contributed by atoms with Crippen LogP contribution in [0.5, 0.6) is 0 Å². The zero-order valence-electron chi connectivity index (χ0n) is 11.1. The molecule has 0 aliphatic carbocycles. The van der Waals surface area contributed by atoms with E-state index in [4.69, 9.17) is 5.73 Å². The lowest BCUT2D eigenvalue weighted by molar-refractivity contribution is -0.137. The van der Waals surface area contributed by atoms with Crippen molar-refractivity contribution in [1.82, 2.24) is 9.97 Å². The van der Waals surface area contributed by atoms with E-state index in [1.165, 1.54) is 18.5 Å². The lowest BCUT2D eigenvalue weighted by atomic mass is 9.94. The Morgan fingerprint density at radius 1 is 1.10 bits per heavy atom. The van der Waals surface area contributed by atoms with E-state index in [0.717, 1.165) is 6.07 Å². The van der Waals surface area contributed by atoms with Gasteiger partial charge in [-0.2, -0.15) is 13.2 Å². The largest absolute Gasteiger partial charge is 0.417 e. The van der Waals surface area contributed by atoms with Gasteiger partial charge in [0.25, 0.3) is 0 Å². The fourth-order valence-electron chi connectivity index (χ4n) is 2.13. The molecule has 106 valence electrons. The molecule has 1 heterocycles. The summed E-state index contributed by atoms with van der Waals surface area (Å²) in [5, 5.41) is 0. The van der Waals surface area contributed by atoms with Crippen molar-refractivity contribution in [3.63, 3.8) is 0 Å². The van der Waals surface area contributed by atoms with Gasteiger partial charge < -0.3 is 5.73 Å². The molecule has 0 amide bonds. The van der Waals surface area contributed by atoms with Crippen molar-refractivity contribution in [1.29, 1.82) is 0 Å². The van der Waals surface area contributed by atoms with Crippen LogP contribution in [0, 0.1) is 0 Å². The molecule has 0 saturated heterocycles. The Morgan fingerprint density at radius 2 is 1.75 bits per heavy atom. The fraction of sp³-hybridized carbons (Fsp3) is 0.286. The Labute approximate surface area is 114 Å². The van der Waals surface area contributed by atoms with Gasteiger partial charge in [-0.05, 0) is 12.0 Å². The molecule has 0 bridgehead atoms. The van der Waals surface area contributed by atoms with Crippen LogP contribution in [0.1, 0.15) is 30.9 Å². The highest BCUT2D eigenvalue weighted by atomic mass is 19.4. The number of nitrogens with two attached hydrogens (primary N) is 1. The zero-order valence-corrected chi connectivity index (χ0v) is 11.1. The van der Waals surface area contributed by atoms with Crippen molar-refractivity contribution in [2.75, 3.05) is 5.73 Å². The summed E-state index contributed by atoms with van der Waals surface area (Å²) in [6, 6.07) is 5.34. The van der Waals surface area contributed by atoms with Crippen LogP contribution < -0.4 is 5.73 Å². The Morgan fingerprint density at radius 3 is 2.35 bits per heavy atom. The number of aromatic nitrogens is 2. The number of anilines is 1. The molecule has 1 aromatic carbocycles. The van der Waals surface area contributed by atoms with Crippen molar-refractivity contribution in [2.45, 2.75) is 25.9 Å². The smallest absolute Gasteiger partial charge is 0.383 e. The maximum Gasteiger partial charge on any atom is 0.417 e. The third-order valence-corrected chi connectivity index (χ3v) is 2.98. The van der Waals surface area contributed by atoms with Crippen molar-refractivity contribution in [2.24, 2.45) is 0 Å². The first kappa shape index (κ1) is 14.3. The first-order valence-corrected chi connectivity index (χ1v) is 6.09. The summed E-state index contributed by atoms with van der Waals surface area (Å²) in [5.41, 5.74) is 5.86. The number of nitrogen functional groups attached to an aromatic ring is 1. The van der Waals surface area contributed by atoms with E-state index in [1.54, 1.807) is 6.07 Å². The Balaban J connectivity index is 2.73. The Kier molecular flexibility index (Phi) is 3.65. The third-order valence-electron chi connectivity index (χ3n) is 2.98. The molecule has 20 heavy (non-hydrogen) atoms. The van der Waals surface area contributed by atoms with Crippen LogP contribution in [0.15, 0.2) is 30.6 Å². The minimum absolute atomic E-state index is 0.0257.